The molecule has 12 heteroatoms. The third kappa shape index (κ3) is 12.9. The average molecular weight is 497 g/mol. The predicted molar refractivity (Wildman–Crippen MR) is 132 cm³/mol. The topological polar surface area (TPSA) is 177 Å². The number of sulfone groups is 1. The Balaban J connectivity index is 2.64. The second-order valence-corrected chi connectivity index (χ2v) is 10.4. The van der Waals surface area contributed by atoms with Crippen LogP contribution in [0.1, 0.15) is 24.8 Å². The number of carbonyl (C=O) groups is 3. The van der Waals surface area contributed by atoms with E-state index in [0.717, 1.165) is 11.8 Å². The number of aliphatic imine (C=N–C) groups is 1. The van der Waals surface area contributed by atoms with Gasteiger partial charge in [0.25, 0.3) is 0 Å². The van der Waals surface area contributed by atoms with Crippen LogP contribution in [0.25, 0.3) is 0 Å². The van der Waals surface area contributed by atoms with Crippen molar-refractivity contribution in [3.63, 3.8) is 0 Å². The molecule has 0 spiro atoms. The van der Waals surface area contributed by atoms with Crippen LogP contribution in [0.2, 0.25) is 0 Å². The number of hydrogen-bond acceptors (Lipinski definition) is 7. The molecule has 1 aromatic carbocycles. The lowest BCUT2D eigenvalue weighted by molar-refractivity contribution is -0.136. The van der Waals surface area contributed by atoms with Gasteiger partial charge in [0.2, 0.25) is 11.8 Å². The Kier molecular flexibility index (Phi) is 12.8. The van der Waals surface area contributed by atoms with Gasteiger partial charge >= 0.3 is 0 Å². The molecular weight excluding hydrogens is 460 g/mol. The number of nitrogens with one attached hydrogen (secondary N) is 2. The van der Waals surface area contributed by atoms with E-state index in [4.69, 9.17) is 11.5 Å². The minimum Gasteiger partial charge on any atom is -0.370 e. The Hall–Kier alpha value is -2.99. The van der Waals surface area contributed by atoms with Crippen LogP contribution in [0, 0.1) is 0 Å². The first-order valence-electron chi connectivity index (χ1n) is 11.0. The zero-order valence-electron chi connectivity index (χ0n) is 19.8. The standard InChI is InChI=1S/C22H36N6O5S/c1-28(15-20(30)27-18(16-29)9-6-12-26-22(23)24)21(31)19(11-14-34(2,32)33)25-13-10-17-7-4-3-5-8-17/h3-5,7-8,16,18-19,25H,6,9-15H2,1-2H3,(H,27,30)(H4,23,24,26). The lowest BCUT2D eigenvalue weighted by Gasteiger charge is -2.25. The number of rotatable bonds is 16. The molecule has 1 rings (SSSR count). The summed E-state index contributed by atoms with van der Waals surface area (Å²) in [7, 11) is -1.81. The van der Waals surface area contributed by atoms with Crippen molar-refractivity contribution >= 4 is 33.9 Å². The number of hydrogen-bond donors (Lipinski definition) is 4. The Morgan fingerprint density at radius 2 is 1.85 bits per heavy atom. The molecule has 0 bridgehead atoms. The molecule has 34 heavy (non-hydrogen) atoms. The molecule has 0 aromatic heterocycles. The summed E-state index contributed by atoms with van der Waals surface area (Å²) in [6, 6.07) is 8.18. The molecule has 0 heterocycles. The van der Waals surface area contributed by atoms with Gasteiger partial charge in [0, 0.05) is 19.8 Å². The summed E-state index contributed by atoms with van der Waals surface area (Å²) in [6.45, 7) is 0.525. The van der Waals surface area contributed by atoms with Crippen LogP contribution in [0.4, 0.5) is 0 Å². The van der Waals surface area contributed by atoms with Gasteiger partial charge in [0.05, 0.1) is 24.4 Å². The van der Waals surface area contributed by atoms with Crippen LogP contribution in [0.15, 0.2) is 35.3 Å². The fourth-order valence-electron chi connectivity index (χ4n) is 3.19. The van der Waals surface area contributed by atoms with E-state index < -0.39 is 33.7 Å². The van der Waals surface area contributed by atoms with Gasteiger partial charge in [0.1, 0.15) is 16.1 Å². The van der Waals surface area contributed by atoms with Crippen molar-refractivity contribution in [3.05, 3.63) is 35.9 Å². The highest BCUT2D eigenvalue weighted by molar-refractivity contribution is 7.90. The van der Waals surface area contributed by atoms with E-state index in [1.807, 2.05) is 30.3 Å². The molecule has 0 saturated heterocycles. The Morgan fingerprint density at radius 1 is 1.18 bits per heavy atom. The van der Waals surface area contributed by atoms with E-state index in [1.54, 1.807) is 0 Å². The number of carbonyl (C=O) groups excluding carboxylic acids is 3. The van der Waals surface area contributed by atoms with Crippen LogP contribution < -0.4 is 22.1 Å². The smallest absolute Gasteiger partial charge is 0.240 e. The van der Waals surface area contributed by atoms with Gasteiger partial charge in [-0.2, -0.15) is 0 Å². The van der Waals surface area contributed by atoms with Crippen molar-refractivity contribution in [2.24, 2.45) is 16.5 Å². The molecule has 2 unspecified atom stereocenters. The average Bonchev–Trinajstić information content (AvgIpc) is 2.77. The highest BCUT2D eigenvalue weighted by Gasteiger charge is 2.25. The number of likely N-dealkylation sites (N-methyl/N-ethyl adjacent to an activating group) is 1. The fourth-order valence-corrected chi connectivity index (χ4v) is 3.85. The molecule has 0 aliphatic carbocycles. The minimum atomic E-state index is -3.27. The van der Waals surface area contributed by atoms with Crippen molar-refractivity contribution in [2.75, 3.05) is 38.7 Å². The highest BCUT2D eigenvalue weighted by Crippen LogP contribution is 2.04. The van der Waals surface area contributed by atoms with Crippen molar-refractivity contribution in [1.29, 1.82) is 0 Å². The van der Waals surface area contributed by atoms with E-state index in [1.165, 1.54) is 11.9 Å². The summed E-state index contributed by atoms with van der Waals surface area (Å²) in [4.78, 5) is 41.6. The van der Waals surface area contributed by atoms with Crippen LogP contribution in [-0.4, -0.2) is 88.2 Å². The predicted octanol–water partition coefficient (Wildman–Crippen LogP) is -1.18. The van der Waals surface area contributed by atoms with Gasteiger partial charge < -0.3 is 31.8 Å². The SMILES string of the molecule is CN(CC(=O)NC(C=O)CCCN=C(N)N)C(=O)C(CCS(C)(=O)=O)NCCc1ccccc1. The zero-order valence-corrected chi connectivity index (χ0v) is 20.6. The van der Waals surface area contributed by atoms with Crippen molar-refractivity contribution < 1.29 is 22.8 Å². The third-order valence-corrected chi connectivity index (χ3v) is 5.94. The second-order valence-electron chi connectivity index (χ2n) is 8.11. The van der Waals surface area contributed by atoms with Crippen LogP contribution in [-0.2, 0) is 30.6 Å². The molecule has 0 aliphatic heterocycles. The third-order valence-electron chi connectivity index (χ3n) is 4.96. The molecule has 2 atom stereocenters. The maximum absolute atomic E-state index is 12.9. The summed E-state index contributed by atoms with van der Waals surface area (Å²) >= 11 is 0. The molecule has 0 fully saturated rings. The van der Waals surface area contributed by atoms with E-state index >= 15 is 0 Å². The summed E-state index contributed by atoms with van der Waals surface area (Å²) in [5, 5.41) is 5.69. The Labute approximate surface area is 201 Å². The summed E-state index contributed by atoms with van der Waals surface area (Å²) in [5.74, 6) is -1.11. The zero-order chi connectivity index (χ0) is 25.6. The largest absolute Gasteiger partial charge is 0.370 e. The van der Waals surface area contributed by atoms with Gasteiger partial charge in [-0.1, -0.05) is 30.3 Å². The monoisotopic (exact) mass is 496 g/mol. The summed E-state index contributed by atoms with van der Waals surface area (Å²) in [5.41, 5.74) is 11.6. The molecule has 6 N–H and O–H groups in total. The van der Waals surface area contributed by atoms with Crippen molar-refractivity contribution in [3.8, 4) is 0 Å². The molecular formula is C22H36N6O5S. The van der Waals surface area contributed by atoms with Gasteiger partial charge in [-0.05, 0) is 37.8 Å². The summed E-state index contributed by atoms with van der Waals surface area (Å²) in [6.07, 6.45) is 3.32. The van der Waals surface area contributed by atoms with Crippen molar-refractivity contribution in [1.82, 2.24) is 15.5 Å². The highest BCUT2D eigenvalue weighted by atomic mass is 32.2. The quantitative estimate of drug-likeness (QED) is 0.0956. The summed E-state index contributed by atoms with van der Waals surface area (Å²) < 4.78 is 23.3. The van der Waals surface area contributed by atoms with Gasteiger partial charge in [0.15, 0.2) is 5.96 Å². The van der Waals surface area contributed by atoms with E-state index in [0.29, 0.717) is 38.6 Å². The lowest BCUT2D eigenvalue weighted by Crippen LogP contribution is -2.50. The maximum Gasteiger partial charge on any atom is 0.240 e. The number of amides is 2. The number of guanidine groups is 1. The molecule has 0 saturated carbocycles. The molecule has 2 amide bonds. The Morgan fingerprint density at radius 3 is 2.44 bits per heavy atom. The lowest BCUT2D eigenvalue weighted by atomic mass is 10.1. The number of nitrogens with two attached hydrogens (primary N) is 2. The van der Waals surface area contributed by atoms with E-state index in [2.05, 4.69) is 15.6 Å². The molecule has 190 valence electrons. The number of aldehydes is 1. The first-order chi connectivity index (χ1) is 16.0. The first-order valence-corrected chi connectivity index (χ1v) is 13.1. The molecule has 0 radical (unpaired) electrons. The van der Waals surface area contributed by atoms with Gasteiger partial charge in [-0.25, -0.2) is 8.42 Å². The second kappa shape index (κ2) is 15.0. The van der Waals surface area contributed by atoms with Gasteiger partial charge in [-0.3, -0.25) is 14.6 Å². The Bertz CT molecular complexity index is 919. The maximum atomic E-state index is 12.9. The fraction of sp³-hybridized carbons (Fsp3) is 0.545. The number of benzene rings is 1. The van der Waals surface area contributed by atoms with Crippen LogP contribution >= 0.6 is 0 Å². The normalized spacial score (nSPS) is 12.9. The van der Waals surface area contributed by atoms with E-state index in [-0.39, 0.29) is 24.7 Å². The molecule has 1 aromatic rings. The first kappa shape index (κ1) is 29.0. The van der Waals surface area contributed by atoms with Crippen LogP contribution in [0.5, 0.6) is 0 Å². The van der Waals surface area contributed by atoms with Crippen LogP contribution in [0.3, 0.4) is 0 Å². The van der Waals surface area contributed by atoms with E-state index in [9.17, 15) is 22.8 Å². The van der Waals surface area contributed by atoms with Gasteiger partial charge in [-0.15, -0.1) is 0 Å². The minimum absolute atomic E-state index is 0.0466. The van der Waals surface area contributed by atoms with Crippen molar-refractivity contribution in [2.45, 2.75) is 37.8 Å². The molecule has 0 aliphatic rings. The molecule has 11 nitrogen and oxygen atoms in total. The number of nitrogens with zero attached hydrogens (tertiary/aromatic N) is 2.